The number of para-hydroxylation sites is 1. The van der Waals surface area contributed by atoms with Gasteiger partial charge in [0, 0.05) is 5.02 Å². The summed E-state index contributed by atoms with van der Waals surface area (Å²) in [6.45, 7) is 1.67. The first-order valence-corrected chi connectivity index (χ1v) is 9.01. The molecular weight excluding hydrogens is 380 g/mol. The van der Waals surface area contributed by atoms with Crippen LogP contribution in [-0.2, 0) is 0 Å². The molecule has 0 aliphatic carbocycles. The molecule has 1 aliphatic rings. The maximum Gasteiger partial charge on any atom is 0.344 e. The van der Waals surface area contributed by atoms with Crippen molar-refractivity contribution in [2.75, 3.05) is 0 Å². The summed E-state index contributed by atoms with van der Waals surface area (Å²) in [7, 11) is 0. The average Bonchev–Trinajstić information content (AvgIpc) is 2.67. The summed E-state index contributed by atoms with van der Waals surface area (Å²) >= 11 is 6.44. The van der Waals surface area contributed by atoms with Crippen LogP contribution in [0.4, 0.5) is 0 Å². The van der Waals surface area contributed by atoms with E-state index in [1.54, 1.807) is 49.4 Å². The van der Waals surface area contributed by atoms with Gasteiger partial charge in [-0.2, -0.15) is 4.98 Å². The third-order valence-electron chi connectivity index (χ3n) is 4.83. The molecule has 28 heavy (non-hydrogen) atoms. The molecule has 7 heteroatoms. The van der Waals surface area contributed by atoms with Gasteiger partial charge in [0.15, 0.2) is 5.75 Å². The fourth-order valence-electron chi connectivity index (χ4n) is 3.66. The van der Waals surface area contributed by atoms with E-state index >= 15 is 0 Å². The van der Waals surface area contributed by atoms with Crippen molar-refractivity contribution >= 4 is 22.6 Å². The molecule has 0 radical (unpaired) electrons. The minimum atomic E-state index is -0.759. The number of hydrogen-bond acceptors (Lipinski definition) is 5. The first kappa shape index (κ1) is 16.8. The zero-order chi connectivity index (χ0) is 19.4. The van der Waals surface area contributed by atoms with Crippen molar-refractivity contribution < 1.29 is 9.15 Å². The molecule has 1 aliphatic heterocycles. The van der Waals surface area contributed by atoms with E-state index in [9.17, 15) is 9.59 Å². The quantitative estimate of drug-likeness (QED) is 0.434. The number of aromatic nitrogens is 2. The van der Waals surface area contributed by atoms with Crippen LogP contribution in [0.2, 0.25) is 5.02 Å². The number of nitrogens with zero attached hydrogens (tertiary/aromatic N) is 1. The van der Waals surface area contributed by atoms with Crippen molar-refractivity contribution in [2.45, 2.75) is 12.8 Å². The lowest BCUT2D eigenvalue weighted by Crippen LogP contribution is -2.28. The lowest BCUT2D eigenvalue weighted by Gasteiger charge is -2.27. The van der Waals surface area contributed by atoms with Gasteiger partial charge in [-0.1, -0.05) is 41.9 Å². The molecule has 0 amide bonds. The van der Waals surface area contributed by atoms with E-state index in [1.165, 1.54) is 0 Å². The summed E-state index contributed by atoms with van der Waals surface area (Å²) in [4.78, 5) is 32.8. The predicted molar refractivity (Wildman–Crippen MR) is 105 cm³/mol. The summed E-state index contributed by atoms with van der Waals surface area (Å²) in [6.07, 6.45) is 0. The second-order valence-electron chi connectivity index (χ2n) is 6.56. The Balaban J connectivity index is 1.95. The Kier molecular flexibility index (Phi) is 3.64. The summed E-state index contributed by atoms with van der Waals surface area (Å²) in [5, 5.41) is 1.05. The van der Waals surface area contributed by atoms with Crippen LogP contribution in [-0.4, -0.2) is 9.97 Å². The van der Waals surface area contributed by atoms with Crippen LogP contribution in [0, 0.1) is 6.92 Å². The summed E-state index contributed by atoms with van der Waals surface area (Å²) in [6, 6.07) is 14.2. The minimum Gasteiger partial charge on any atom is -0.437 e. The Bertz CT molecular complexity index is 1370. The molecule has 138 valence electrons. The highest BCUT2D eigenvalue weighted by Gasteiger charge is 2.37. The number of halogens is 1. The van der Waals surface area contributed by atoms with E-state index in [4.69, 9.17) is 20.8 Å². The Morgan fingerprint density at radius 2 is 1.79 bits per heavy atom. The van der Waals surface area contributed by atoms with E-state index in [1.807, 2.05) is 6.07 Å². The van der Waals surface area contributed by atoms with Crippen molar-refractivity contribution in [1.82, 2.24) is 9.97 Å². The van der Waals surface area contributed by atoms with E-state index in [0.29, 0.717) is 33.1 Å². The van der Waals surface area contributed by atoms with Gasteiger partial charge in [0.2, 0.25) is 5.88 Å². The highest BCUT2D eigenvalue weighted by Crippen LogP contribution is 2.47. The van der Waals surface area contributed by atoms with E-state index in [2.05, 4.69) is 9.97 Å². The largest absolute Gasteiger partial charge is 0.437 e. The molecule has 0 unspecified atom stereocenters. The number of H-pyrrole nitrogens is 1. The predicted octanol–water partition coefficient (Wildman–Crippen LogP) is 4.12. The maximum absolute atomic E-state index is 12.9. The summed E-state index contributed by atoms with van der Waals surface area (Å²) in [5.74, 6) is 0.152. The zero-order valence-electron chi connectivity index (χ0n) is 14.7. The second-order valence-corrected chi connectivity index (χ2v) is 6.96. The number of nitrogens with one attached hydrogen (secondary N) is 1. The van der Waals surface area contributed by atoms with Crippen molar-refractivity contribution in [3.8, 4) is 11.6 Å². The molecule has 2 aromatic carbocycles. The Hall–Kier alpha value is -3.38. The molecule has 0 spiro atoms. The SMILES string of the molecule is Cc1nc2c(c(=O)[nH]1)[C@@H](c1ccccc1Cl)c1c(c3ccccc3oc1=O)O2. The summed E-state index contributed by atoms with van der Waals surface area (Å²) in [5.41, 5.74) is 0.502. The molecule has 0 saturated carbocycles. The molecule has 0 bridgehead atoms. The number of rotatable bonds is 1. The van der Waals surface area contributed by atoms with Crippen LogP contribution in [0.25, 0.3) is 11.0 Å². The lowest BCUT2D eigenvalue weighted by atomic mass is 9.84. The highest BCUT2D eigenvalue weighted by atomic mass is 35.5. The molecular formula is C21H13ClN2O4. The van der Waals surface area contributed by atoms with Gasteiger partial charge < -0.3 is 14.1 Å². The van der Waals surface area contributed by atoms with Gasteiger partial charge in [-0.15, -0.1) is 0 Å². The van der Waals surface area contributed by atoms with Crippen LogP contribution in [0.5, 0.6) is 11.6 Å². The average molecular weight is 393 g/mol. The van der Waals surface area contributed by atoms with Gasteiger partial charge in [-0.25, -0.2) is 4.79 Å². The number of benzene rings is 2. The molecule has 0 fully saturated rings. The van der Waals surface area contributed by atoms with Crippen molar-refractivity contribution in [3.63, 3.8) is 0 Å². The van der Waals surface area contributed by atoms with Gasteiger partial charge in [0.25, 0.3) is 5.56 Å². The molecule has 1 N–H and O–H groups in total. The second kappa shape index (κ2) is 6.07. The zero-order valence-corrected chi connectivity index (χ0v) is 15.4. The number of hydrogen-bond donors (Lipinski definition) is 1. The van der Waals surface area contributed by atoms with Crippen LogP contribution in [0.1, 0.15) is 28.4 Å². The topological polar surface area (TPSA) is 85.2 Å². The third-order valence-corrected chi connectivity index (χ3v) is 5.17. The van der Waals surface area contributed by atoms with E-state index in [-0.39, 0.29) is 22.6 Å². The number of fused-ring (bicyclic) bond motifs is 4. The number of aromatic amines is 1. The van der Waals surface area contributed by atoms with Crippen molar-refractivity contribution in [2.24, 2.45) is 0 Å². The summed E-state index contributed by atoms with van der Waals surface area (Å²) < 4.78 is 11.5. The molecule has 4 aromatic rings. The van der Waals surface area contributed by atoms with Gasteiger partial charge in [-0.3, -0.25) is 4.79 Å². The van der Waals surface area contributed by atoms with E-state index in [0.717, 1.165) is 0 Å². The lowest BCUT2D eigenvalue weighted by molar-refractivity contribution is 0.419. The first-order chi connectivity index (χ1) is 13.5. The van der Waals surface area contributed by atoms with Crippen molar-refractivity contribution in [1.29, 1.82) is 0 Å². The van der Waals surface area contributed by atoms with Crippen LogP contribution < -0.4 is 15.9 Å². The normalized spacial score (nSPS) is 15.0. The fourth-order valence-corrected chi connectivity index (χ4v) is 3.90. The molecule has 6 nitrogen and oxygen atoms in total. The smallest absolute Gasteiger partial charge is 0.344 e. The van der Waals surface area contributed by atoms with Crippen LogP contribution in [0.15, 0.2) is 62.5 Å². The first-order valence-electron chi connectivity index (χ1n) is 8.63. The Labute approximate surface area is 163 Å². The standard InChI is InChI=1S/C21H13ClN2O4/c1-10-23-19(25)17-15(11-6-2-4-8-13(11)22)16-18(28-20(17)24-10)12-7-3-5-9-14(12)27-21(16)26/h2-9,15H,1H3,(H,23,24,25)/t15-/m0/s1. The van der Waals surface area contributed by atoms with Crippen LogP contribution >= 0.6 is 11.6 Å². The molecule has 2 aromatic heterocycles. The Morgan fingerprint density at radius 3 is 2.61 bits per heavy atom. The van der Waals surface area contributed by atoms with Gasteiger partial charge in [-0.05, 0) is 30.7 Å². The van der Waals surface area contributed by atoms with Crippen LogP contribution in [0.3, 0.4) is 0 Å². The monoisotopic (exact) mass is 392 g/mol. The van der Waals surface area contributed by atoms with E-state index < -0.39 is 11.5 Å². The van der Waals surface area contributed by atoms with Crippen molar-refractivity contribution in [3.05, 3.63) is 96.8 Å². The fraction of sp³-hybridized carbons (Fsp3) is 0.0952. The maximum atomic E-state index is 12.9. The number of ether oxygens (including phenoxy) is 1. The molecule has 5 rings (SSSR count). The highest BCUT2D eigenvalue weighted by molar-refractivity contribution is 6.31. The molecule has 1 atom stereocenters. The number of aryl methyl sites for hydroxylation is 1. The van der Waals surface area contributed by atoms with Gasteiger partial charge in [0.05, 0.1) is 22.4 Å². The molecule has 0 saturated heterocycles. The van der Waals surface area contributed by atoms with Gasteiger partial charge >= 0.3 is 5.63 Å². The minimum absolute atomic E-state index is 0.162. The molecule has 3 heterocycles. The van der Waals surface area contributed by atoms with Gasteiger partial charge in [0.1, 0.15) is 11.4 Å². The Morgan fingerprint density at radius 1 is 1.04 bits per heavy atom. The third kappa shape index (κ3) is 2.38.